The first kappa shape index (κ1) is 26.1. The Balaban J connectivity index is 1.63. The average molecular weight is 622 g/mol. The minimum Gasteiger partial charge on any atom is -0.463 e. The molecule has 2 aliphatic rings. The van der Waals surface area contributed by atoms with E-state index in [0.29, 0.717) is 43.7 Å². The molecule has 4 aromatic rings. The minimum absolute atomic E-state index is 0.102. The van der Waals surface area contributed by atoms with Crippen molar-refractivity contribution < 1.29 is 23.4 Å². The first-order valence-electron chi connectivity index (χ1n) is 12.5. The molecule has 11 heteroatoms. The van der Waals surface area contributed by atoms with E-state index in [1.165, 1.54) is 15.9 Å². The van der Waals surface area contributed by atoms with Crippen molar-refractivity contribution in [3.05, 3.63) is 101 Å². The number of aromatic nitrogens is 1. The summed E-state index contributed by atoms with van der Waals surface area (Å²) in [5.41, 5.74) is 1.81. The number of ether oxygens (including phenoxy) is 3. The van der Waals surface area contributed by atoms with Crippen LogP contribution in [0.1, 0.15) is 29.9 Å². The molecule has 0 fully saturated rings. The quantitative estimate of drug-likeness (QED) is 0.299. The summed E-state index contributed by atoms with van der Waals surface area (Å²) in [4.78, 5) is 34.7. The van der Waals surface area contributed by atoms with E-state index >= 15 is 0 Å². The highest BCUT2D eigenvalue weighted by Gasteiger charge is 2.36. The zero-order chi connectivity index (χ0) is 28.0. The van der Waals surface area contributed by atoms with Crippen molar-refractivity contribution in [1.29, 1.82) is 0 Å². The van der Waals surface area contributed by atoms with Gasteiger partial charge in [-0.25, -0.2) is 9.79 Å². The molecule has 0 saturated heterocycles. The predicted molar refractivity (Wildman–Crippen MR) is 154 cm³/mol. The second-order valence-electron chi connectivity index (χ2n) is 9.24. The number of esters is 1. The molecule has 2 aromatic heterocycles. The number of halogens is 1. The molecular formula is C29H24BrN3O6S. The molecule has 0 unspecified atom stereocenters. The molecule has 0 amide bonds. The lowest BCUT2D eigenvalue weighted by Crippen LogP contribution is -2.40. The summed E-state index contributed by atoms with van der Waals surface area (Å²) in [5.74, 6) is 1.73. The Morgan fingerprint density at radius 2 is 1.95 bits per heavy atom. The van der Waals surface area contributed by atoms with Crippen LogP contribution < -0.4 is 29.3 Å². The van der Waals surface area contributed by atoms with Gasteiger partial charge < -0.3 is 23.5 Å². The van der Waals surface area contributed by atoms with Crippen LogP contribution in [0.15, 0.2) is 78.8 Å². The van der Waals surface area contributed by atoms with Gasteiger partial charge in [0.05, 0.1) is 32.9 Å². The van der Waals surface area contributed by atoms with Crippen LogP contribution in [-0.2, 0) is 9.53 Å². The molecule has 1 atom stereocenters. The summed E-state index contributed by atoms with van der Waals surface area (Å²) in [5, 5.41) is 0. The third-order valence-electron chi connectivity index (χ3n) is 6.45. The molecule has 0 saturated carbocycles. The average Bonchev–Trinajstić information content (AvgIpc) is 3.65. The van der Waals surface area contributed by atoms with Gasteiger partial charge in [-0.05, 0) is 40.5 Å². The number of rotatable bonds is 6. The third kappa shape index (κ3) is 4.54. The number of carbonyl (C=O) groups is 1. The number of nitrogens with zero attached hydrogens (tertiary/aromatic N) is 3. The van der Waals surface area contributed by atoms with Gasteiger partial charge in [0.25, 0.3) is 5.56 Å². The van der Waals surface area contributed by atoms with Crippen LogP contribution in [0, 0.1) is 0 Å². The highest BCUT2D eigenvalue weighted by molar-refractivity contribution is 9.10. The van der Waals surface area contributed by atoms with Crippen LogP contribution in [0.3, 0.4) is 0 Å². The van der Waals surface area contributed by atoms with Crippen LogP contribution in [-0.4, -0.2) is 38.0 Å². The third-order valence-corrected chi connectivity index (χ3v) is 8.00. The summed E-state index contributed by atoms with van der Waals surface area (Å²) in [7, 11) is 3.74. The minimum atomic E-state index is -0.817. The Morgan fingerprint density at radius 1 is 1.18 bits per heavy atom. The van der Waals surface area contributed by atoms with Crippen molar-refractivity contribution in [2.24, 2.45) is 4.99 Å². The fraction of sp³-hybridized carbons (Fsp3) is 0.207. The van der Waals surface area contributed by atoms with Crippen LogP contribution >= 0.6 is 27.3 Å². The van der Waals surface area contributed by atoms with Crippen LogP contribution in [0.2, 0.25) is 0 Å². The fourth-order valence-corrected chi connectivity index (χ4v) is 6.36. The molecule has 6 rings (SSSR count). The smallest absolute Gasteiger partial charge is 0.338 e. The number of furan rings is 1. The lowest BCUT2D eigenvalue weighted by atomic mass is 9.93. The molecule has 0 spiro atoms. The number of anilines is 1. The summed E-state index contributed by atoms with van der Waals surface area (Å²) in [6.07, 6.45) is 1.69. The van der Waals surface area contributed by atoms with Crippen LogP contribution in [0.25, 0.3) is 11.8 Å². The van der Waals surface area contributed by atoms with Gasteiger partial charge in [0.15, 0.2) is 16.3 Å². The van der Waals surface area contributed by atoms with Crippen molar-refractivity contribution in [3.63, 3.8) is 0 Å². The highest BCUT2D eigenvalue weighted by atomic mass is 79.9. The Labute approximate surface area is 241 Å². The van der Waals surface area contributed by atoms with Crippen molar-refractivity contribution in [3.8, 4) is 11.5 Å². The first-order chi connectivity index (χ1) is 19.4. The molecule has 40 heavy (non-hydrogen) atoms. The number of hydrogen-bond acceptors (Lipinski definition) is 9. The number of thiazole rings is 1. The number of benzene rings is 2. The van der Waals surface area contributed by atoms with E-state index in [1.54, 1.807) is 25.1 Å². The standard InChI is InChI=1S/C29H24BrN3O6S/c1-4-36-28(35)23-24(16-8-6-5-7-9-16)31-29-33(25(23)17-10-11-20-21(12-17)38-15-37-20)26(34)22(40-29)14-18-13-19(30)27(39-18)32(2)3/h5-14,25H,4,15H2,1-3H3/b22-14+/t25-/m1/s1. The van der Waals surface area contributed by atoms with Gasteiger partial charge in [-0.15, -0.1) is 0 Å². The Morgan fingerprint density at radius 3 is 2.67 bits per heavy atom. The van der Waals surface area contributed by atoms with Crippen molar-refractivity contribution >= 4 is 50.9 Å². The van der Waals surface area contributed by atoms with Crippen molar-refractivity contribution in [2.45, 2.75) is 13.0 Å². The molecule has 4 heterocycles. The van der Waals surface area contributed by atoms with Crippen molar-refractivity contribution in [1.82, 2.24) is 4.57 Å². The van der Waals surface area contributed by atoms with E-state index in [1.807, 2.05) is 61.5 Å². The van der Waals surface area contributed by atoms with Gasteiger partial charge in [-0.1, -0.05) is 47.7 Å². The first-order valence-corrected chi connectivity index (χ1v) is 14.1. The second-order valence-corrected chi connectivity index (χ2v) is 11.1. The van der Waals surface area contributed by atoms with Crippen LogP contribution in [0.5, 0.6) is 11.5 Å². The zero-order valence-corrected chi connectivity index (χ0v) is 24.2. The maximum absolute atomic E-state index is 14.0. The van der Waals surface area contributed by atoms with E-state index in [9.17, 15) is 9.59 Å². The summed E-state index contributed by atoms with van der Waals surface area (Å²) in [6, 6.07) is 15.8. The molecule has 9 nitrogen and oxygen atoms in total. The Hall–Kier alpha value is -4.09. The van der Waals surface area contributed by atoms with Crippen LogP contribution in [0.4, 0.5) is 5.88 Å². The molecule has 204 valence electrons. The lowest BCUT2D eigenvalue weighted by molar-refractivity contribution is -0.138. The van der Waals surface area contributed by atoms with Gasteiger partial charge in [0.2, 0.25) is 12.7 Å². The largest absolute Gasteiger partial charge is 0.463 e. The van der Waals surface area contributed by atoms with E-state index < -0.39 is 12.0 Å². The molecule has 2 aliphatic heterocycles. The second kappa shape index (κ2) is 10.5. The predicted octanol–water partition coefficient (Wildman–Crippen LogP) is 4.09. The highest BCUT2D eigenvalue weighted by Crippen LogP contribution is 2.40. The summed E-state index contributed by atoms with van der Waals surface area (Å²) in [6.45, 7) is 2.02. The molecule has 0 N–H and O–H groups in total. The monoisotopic (exact) mass is 621 g/mol. The number of carbonyl (C=O) groups excluding carboxylic acids is 1. The van der Waals surface area contributed by atoms with E-state index in [2.05, 4.69) is 15.9 Å². The molecule has 2 aromatic carbocycles. The normalized spacial score (nSPS) is 16.1. The van der Waals surface area contributed by atoms with E-state index in [0.717, 1.165) is 10.0 Å². The maximum atomic E-state index is 14.0. The summed E-state index contributed by atoms with van der Waals surface area (Å²) < 4.78 is 25.3. The zero-order valence-electron chi connectivity index (χ0n) is 21.8. The van der Waals surface area contributed by atoms with Gasteiger partial charge in [-0.2, -0.15) is 0 Å². The SMILES string of the molecule is CCOC(=O)C1=C(c2ccccc2)N=c2s/c(=C/c3cc(Br)c(N(C)C)o3)c(=O)n2[C@@H]1c1ccc2c(c1)OCO2. The van der Waals surface area contributed by atoms with Gasteiger partial charge >= 0.3 is 5.97 Å². The fourth-order valence-electron chi connectivity index (χ4n) is 4.72. The molecule has 0 radical (unpaired) electrons. The number of hydrogen-bond donors (Lipinski definition) is 0. The van der Waals surface area contributed by atoms with Crippen molar-refractivity contribution in [2.75, 3.05) is 32.4 Å². The van der Waals surface area contributed by atoms with Gasteiger partial charge in [0.1, 0.15) is 5.76 Å². The maximum Gasteiger partial charge on any atom is 0.338 e. The Bertz CT molecular complexity index is 1840. The van der Waals surface area contributed by atoms with Gasteiger partial charge in [-0.3, -0.25) is 9.36 Å². The number of fused-ring (bicyclic) bond motifs is 2. The van der Waals surface area contributed by atoms with E-state index in [-0.39, 0.29) is 24.5 Å². The van der Waals surface area contributed by atoms with Gasteiger partial charge in [0, 0.05) is 31.8 Å². The summed E-state index contributed by atoms with van der Waals surface area (Å²) >= 11 is 4.74. The molecule has 0 aliphatic carbocycles. The molecular weight excluding hydrogens is 598 g/mol. The molecule has 0 bridgehead atoms. The van der Waals surface area contributed by atoms with E-state index in [4.69, 9.17) is 23.6 Å². The lowest BCUT2D eigenvalue weighted by Gasteiger charge is -2.26. The topological polar surface area (TPSA) is 95.5 Å². The Kier molecular flexibility index (Phi) is 6.85.